The van der Waals surface area contributed by atoms with Crippen molar-refractivity contribution in [2.45, 2.75) is 28.5 Å². The Labute approximate surface area is 190 Å². The van der Waals surface area contributed by atoms with Crippen LogP contribution in [0.15, 0.2) is 52.3 Å². The van der Waals surface area contributed by atoms with Crippen LogP contribution >= 0.6 is 39.3 Å². The molecule has 2 aromatic rings. The van der Waals surface area contributed by atoms with Crippen LogP contribution in [0.3, 0.4) is 0 Å². The Morgan fingerprint density at radius 2 is 1.68 bits per heavy atom. The molecule has 0 bridgehead atoms. The predicted octanol–water partition coefficient (Wildman–Crippen LogP) is 5.06. The number of halogens is 2. The molecule has 0 saturated carbocycles. The molecule has 31 heavy (non-hydrogen) atoms. The maximum atomic E-state index is 13.1. The van der Waals surface area contributed by atoms with E-state index in [1.807, 2.05) is 0 Å². The third-order valence-electron chi connectivity index (χ3n) is 4.16. The summed E-state index contributed by atoms with van der Waals surface area (Å²) in [5.41, 5.74) is 0.758. The van der Waals surface area contributed by atoms with E-state index in [1.165, 1.54) is 42.5 Å². The number of hydrogen-bond acceptors (Lipinski definition) is 7. The normalized spacial score (nSPS) is 14.0. The Bertz CT molecular complexity index is 1120. The van der Waals surface area contributed by atoms with Crippen LogP contribution in [0.2, 0.25) is 10.0 Å². The van der Waals surface area contributed by atoms with Crippen molar-refractivity contribution in [2.24, 2.45) is 0 Å². The van der Waals surface area contributed by atoms with Gasteiger partial charge in [0.1, 0.15) is 0 Å². The molecule has 0 amide bonds. The van der Waals surface area contributed by atoms with Gasteiger partial charge in [0.25, 0.3) is 0 Å². The van der Waals surface area contributed by atoms with Crippen LogP contribution in [0.5, 0.6) is 0 Å². The van der Waals surface area contributed by atoms with Crippen LogP contribution in [0.25, 0.3) is 6.08 Å². The van der Waals surface area contributed by atoms with Crippen LogP contribution in [-0.4, -0.2) is 35.7 Å². The maximum Gasteiger partial charge on any atom is 0.542 e. The molecule has 3 N–H and O–H groups in total. The van der Waals surface area contributed by atoms with Crippen molar-refractivity contribution >= 4 is 55.2 Å². The van der Waals surface area contributed by atoms with Crippen molar-refractivity contribution in [3.63, 3.8) is 0 Å². The van der Waals surface area contributed by atoms with E-state index in [4.69, 9.17) is 33.4 Å². The lowest BCUT2D eigenvalue weighted by atomic mass is 10.1. The molecule has 13 heteroatoms. The van der Waals surface area contributed by atoms with Crippen molar-refractivity contribution in [3.05, 3.63) is 63.6 Å². The van der Waals surface area contributed by atoms with Gasteiger partial charge in [-0.2, -0.15) is 4.89 Å². The molecule has 0 aliphatic heterocycles. The number of hydrogen-bond donors (Lipinski definition) is 3. The fraction of sp³-hybridized carbons (Fsp3) is 0.222. The molecule has 0 aromatic heterocycles. The molecule has 2 rings (SSSR count). The van der Waals surface area contributed by atoms with Crippen LogP contribution in [0.4, 0.5) is 0 Å². The molecule has 0 aliphatic rings. The largest absolute Gasteiger partial charge is 0.542 e. The summed E-state index contributed by atoms with van der Waals surface area (Å²) in [6.45, 7) is 0. The third kappa shape index (κ3) is 7.12. The molecule has 0 saturated heterocycles. The van der Waals surface area contributed by atoms with Gasteiger partial charge in [0.2, 0.25) is 9.84 Å². The smallest absolute Gasteiger partial charge is 0.345 e. The van der Waals surface area contributed by atoms with Gasteiger partial charge < -0.3 is 5.11 Å². The Kier molecular flexibility index (Phi) is 9.70. The van der Waals surface area contributed by atoms with Gasteiger partial charge >= 0.3 is 21.9 Å². The SMILES string of the molecule is O=[P+](CCCc1cc(S(=O)(=O)c2ccc(Cl)c(C=CC(O)[P+](=O)O)c2)ccc1Cl)OO. The van der Waals surface area contributed by atoms with Crippen molar-refractivity contribution in [3.8, 4) is 0 Å². The highest BCUT2D eigenvalue weighted by atomic mass is 35.5. The summed E-state index contributed by atoms with van der Waals surface area (Å²) >= 11 is 12.2. The summed E-state index contributed by atoms with van der Waals surface area (Å²) in [6, 6.07) is 8.16. The second kappa shape index (κ2) is 11.6. The zero-order valence-corrected chi connectivity index (χ0v) is 19.9. The monoisotopic (exact) mass is 526 g/mol. The molecule has 0 aliphatic carbocycles. The molecule has 3 unspecified atom stereocenters. The first-order valence-corrected chi connectivity index (χ1v) is 13.6. The average Bonchev–Trinajstić information content (AvgIpc) is 2.73. The minimum Gasteiger partial charge on any atom is -0.345 e. The average molecular weight is 527 g/mol. The molecule has 3 atom stereocenters. The first-order valence-electron chi connectivity index (χ1n) is 8.67. The maximum absolute atomic E-state index is 13.1. The molecular weight excluding hydrogens is 509 g/mol. The van der Waals surface area contributed by atoms with E-state index in [0.29, 0.717) is 23.4 Å². The first-order chi connectivity index (χ1) is 14.6. The van der Waals surface area contributed by atoms with Gasteiger partial charge in [0, 0.05) is 14.7 Å². The topological polar surface area (TPSA) is 138 Å². The molecule has 0 heterocycles. The fourth-order valence-electron chi connectivity index (χ4n) is 2.57. The van der Waals surface area contributed by atoms with Crippen molar-refractivity contribution in [2.75, 3.05) is 6.16 Å². The molecule has 8 nitrogen and oxygen atoms in total. The van der Waals surface area contributed by atoms with E-state index in [-0.39, 0.29) is 26.5 Å². The van der Waals surface area contributed by atoms with Gasteiger partial charge in [0.15, 0.2) is 6.16 Å². The second-order valence-corrected chi connectivity index (χ2v) is 11.4. The van der Waals surface area contributed by atoms with E-state index < -0.39 is 31.7 Å². The number of aryl methyl sites for hydroxylation is 1. The first kappa shape index (κ1) is 26.0. The highest BCUT2D eigenvalue weighted by molar-refractivity contribution is 7.91. The van der Waals surface area contributed by atoms with Gasteiger partial charge in [0.05, 0.1) is 9.79 Å². The van der Waals surface area contributed by atoms with E-state index in [2.05, 4.69) is 4.67 Å². The quantitative estimate of drug-likeness (QED) is 0.222. The number of aliphatic hydroxyl groups is 1. The molecule has 166 valence electrons. The predicted molar refractivity (Wildman–Crippen MR) is 118 cm³/mol. The molecule has 2 aromatic carbocycles. The lowest BCUT2D eigenvalue weighted by Gasteiger charge is -2.10. The van der Waals surface area contributed by atoms with E-state index in [1.54, 1.807) is 0 Å². The Hall–Kier alpha value is -1.25. The van der Waals surface area contributed by atoms with Gasteiger partial charge in [-0.1, -0.05) is 29.3 Å². The summed E-state index contributed by atoms with van der Waals surface area (Å²) in [5, 5.41) is 18.3. The highest BCUT2D eigenvalue weighted by Gasteiger charge is 2.23. The van der Waals surface area contributed by atoms with Crippen molar-refractivity contribution in [1.29, 1.82) is 0 Å². The van der Waals surface area contributed by atoms with Crippen molar-refractivity contribution in [1.82, 2.24) is 0 Å². The minimum atomic E-state index is -3.96. The standard InChI is InChI=1S/C18H16Cl2O8P2S/c19-16-6-4-14(10-12(16)2-1-9-29(23)28-22)31(26,27)15-5-7-17(20)13(11-15)3-8-18(21)30(24)25/h3-8,10-11,18,21H,1-2,9H2/p+2. The summed E-state index contributed by atoms with van der Waals surface area (Å²) in [6.07, 6.45) is 3.05. The highest BCUT2D eigenvalue weighted by Crippen LogP contribution is 2.30. The van der Waals surface area contributed by atoms with Gasteiger partial charge in [-0.15, -0.1) is 0 Å². The molecule has 0 fully saturated rings. The lowest BCUT2D eigenvalue weighted by molar-refractivity contribution is -0.130. The van der Waals surface area contributed by atoms with Crippen molar-refractivity contribution < 1.29 is 37.5 Å². The second-order valence-electron chi connectivity index (χ2n) is 6.26. The third-order valence-corrected chi connectivity index (χ3v) is 8.11. The van der Waals surface area contributed by atoms with Crippen LogP contribution in [-0.2, 0) is 30.1 Å². The number of sulfone groups is 1. The Morgan fingerprint density at radius 1 is 1.06 bits per heavy atom. The van der Waals surface area contributed by atoms with Gasteiger partial charge in [-0.25, -0.2) is 13.7 Å². The van der Waals surface area contributed by atoms with Gasteiger partial charge in [-0.05, 0) is 75.6 Å². The van der Waals surface area contributed by atoms with E-state index >= 15 is 0 Å². The summed E-state index contributed by atoms with van der Waals surface area (Å²) in [7, 11) is -9.01. The summed E-state index contributed by atoms with van der Waals surface area (Å²) in [5.74, 6) is -1.61. The molecule has 0 radical (unpaired) electrons. The van der Waals surface area contributed by atoms with E-state index in [0.717, 1.165) is 6.08 Å². The number of aliphatic hydroxyl groups excluding tert-OH is 1. The zero-order chi connectivity index (χ0) is 23.2. The number of benzene rings is 2. The molecular formula is C18H18Cl2O8P2S+2. The van der Waals surface area contributed by atoms with Crippen LogP contribution in [0.1, 0.15) is 17.5 Å². The zero-order valence-electron chi connectivity index (χ0n) is 15.8. The van der Waals surface area contributed by atoms with Crippen LogP contribution < -0.4 is 0 Å². The number of rotatable bonds is 10. The summed E-state index contributed by atoms with van der Waals surface area (Å²) < 4.78 is 52.0. The van der Waals surface area contributed by atoms with E-state index in [9.17, 15) is 22.7 Å². The minimum absolute atomic E-state index is 0.0228. The Balaban J connectivity index is 2.35. The van der Waals surface area contributed by atoms with Gasteiger partial charge in [-0.3, -0.25) is 0 Å². The van der Waals surface area contributed by atoms with Crippen LogP contribution in [0, 0.1) is 0 Å². The lowest BCUT2D eigenvalue weighted by Crippen LogP contribution is -2.04. The Morgan fingerprint density at radius 3 is 2.29 bits per heavy atom. The molecule has 0 spiro atoms. The fourth-order valence-corrected chi connectivity index (χ4v) is 5.04. The summed E-state index contributed by atoms with van der Waals surface area (Å²) in [4.78, 5) is 8.79.